The smallest absolute Gasteiger partial charge is 0.331 e. The molecule has 0 radical (unpaired) electrons. The van der Waals surface area contributed by atoms with Crippen molar-refractivity contribution >= 4 is 11.9 Å². The lowest BCUT2D eigenvalue weighted by molar-refractivity contribution is -0.228. The van der Waals surface area contributed by atoms with E-state index in [0.717, 1.165) is 63.4 Å². The SMILES string of the molecule is CC(=O)O[C@@H]1C=C[C@H](O[C@H]2CCC3(C)C4CCC5(C)[C@@H](C6=CC(=O)OC6)CC[C@]5(O)C4CC[C@@H]3C2)OC1C. The maximum atomic E-state index is 12.4. The quantitative estimate of drug-likeness (QED) is 0.412. The molecule has 38 heavy (non-hydrogen) atoms. The number of aliphatic hydroxyl groups is 1. The summed E-state index contributed by atoms with van der Waals surface area (Å²) in [7, 11) is 0. The average Bonchev–Trinajstić information content (AvgIpc) is 3.40. The summed E-state index contributed by atoms with van der Waals surface area (Å²) in [5, 5.41) is 12.4. The number of esters is 2. The van der Waals surface area contributed by atoms with Crippen molar-refractivity contribution in [3.8, 4) is 0 Å². The number of rotatable bonds is 4. The topological polar surface area (TPSA) is 91.3 Å². The molecule has 0 aromatic rings. The summed E-state index contributed by atoms with van der Waals surface area (Å²) in [5.41, 5.74) is 0.435. The Labute approximate surface area is 226 Å². The van der Waals surface area contributed by atoms with Crippen LogP contribution in [0.1, 0.15) is 85.5 Å². The van der Waals surface area contributed by atoms with Gasteiger partial charge in [0.1, 0.15) is 12.7 Å². The van der Waals surface area contributed by atoms with E-state index >= 15 is 0 Å². The Morgan fingerprint density at radius 3 is 2.58 bits per heavy atom. The Balaban J connectivity index is 1.13. The molecule has 11 atom stereocenters. The molecule has 4 aliphatic carbocycles. The van der Waals surface area contributed by atoms with Crippen LogP contribution >= 0.6 is 0 Å². The predicted molar refractivity (Wildman–Crippen MR) is 140 cm³/mol. The average molecular weight is 529 g/mol. The third-order valence-corrected chi connectivity index (χ3v) is 11.8. The van der Waals surface area contributed by atoms with Crippen molar-refractivity contribution in [3.05, 3.63) is 23.8 Å². The van der Waals surface area contributed by atoms with Gasteiger partial charge in [0, 0.05) is 18.4 Å². The molecule has 0 spiro atoms. The Kier molecular flexibility index (Phi) is 6.59. The second-order valence-corrected chi connectivity index (χ2v) is 13.5. The molecule has 6 rings (SSSR count). The van der Waals surface area contributed by atoms with Gasteiger partial charge in [-0.05, 0) is 112 Å². The number of carbonyl (C=O) groups excluding carboxylic acids is 2. The fraction of sp³-hybridized carbons (Fsp3) is 0.806. The maximum absolute atomic E-state index is 12.4. The second-order valence-electron chi connectivity index (χ2n) is 13.5. The first-order valence-electron chi connectivity index (χ1n) is 14.8. The van der Waals surface area contributed by atoms with E-state index < -0.39 is 11.9 Å². The predicted octanol–water partition coefficient (Wildman–Crippen LogP) is 4.86. The van der Waals surface area contributed by atoms with Gasteiger partial charge in [-0.25, -0.2) is 4.79 Å². The molecular weight excluding hydrogens is 484 g/mol. The lowest BCUT2D eigenvalue weighted by Gasteiger charge is -2.63. The first kappa shape index (κ1) is 26.5. The maximum Gasteiger partial charge on any atom is 0.331 e. The lowest BCUT2D eigenvalue weighted by Crippen LogP contribution is -2.62. The highest BCUT2D eigenvalue weighted by atomic mass is 16.7. The van der Waals surface area contributed by atoms with Crippen LogP contribution in [0.5, 0.6) is 0 Å². The van der Waals surface area contributed by atoms with Crippen molar-refractivity contribution in [2.24, 2.45) is 34.5 Å². The van der Waals surface area contributed by atoms with E-state index in [9.17, 15) is 14.7 Å². The van der Waals surface area contributed by atoms with E-state index in [-0.39, 0.29) is 47.0 Å². The molecule has 4 saturated carbocycles. The van der Waals surface area contributed by atoms with Gasteiger partial charge in [0.2, 0.25) is 0 Å². The van der Waals surface area contributed by atoms with Crippen molar-refractivity contribution in [1.82, 2.24) is 0 Å². The summed E-state index contributed by atoms with van der Waals surface area (Å²) in [4.78, 5) is 23.1. The Hall–Kier alpha value is -1.70. The molecule has 4 fully saturated rings. The van der Waals surface area contributed by atoms with Gasteiger partial charge in [-0.15, -0.1) is 0 Å². The Morgan fingerprint density at radius 1 is 1.05 bits per heavy atom. The van der Waals surface area contributed by atoms with E-state index in [4.69, 9.17) is 18.9 Å². The first-order valence-corrected chi connectivity index (χ1v) is 14.8. The number of hydrogen-bond donors (Lipinski definition) is 1. The molecule has 0 bridgehead atoms. The van der Waals surface area contributed by atoms with Crippen molar-refractivity contribution < 1.29 is 33.6 Å². The zero-order chi connectivity index (χ0) is 26.9. The molecular formula is C31H44O7. The van der Waals surface area contributed by atoms with Crippen molar-refractivity contribution in [1.29, 1.82) is 0 Å². The molecule has 210 valence electrons. The van der Waals surface area contributed by atoms with Gasteiger partial charge in [0.05, 0.1) is 17.8 Å². The van der Waals surface area contributed by atoms with E-state index in [1.807, 2.05) is 19.1 Å². The largest absolute Gasteiger partial charge is 0.458 e. The summed E-state index contributed by atoms with van der Waals surface area (Å²) >= 11 is 0. The molecule has 1 N–H and O–H groups in total. The minimum atomic E-state index is -0.677. The van der Waals surface area contributed by atoms with Gasteiger partial charge < -0.3 is 24.1 Å². The third-order valence-electron chi connectivity index (χ3n) is 11.8. The minimum absolute atomic E-state index is 0.149. The van der Waals surface area contributed by atoms with Crippen LogP contribution in [0.4, 0.5) is 0 Å². The molecule has 6 aliphatic rings. The summed E-state index contributed by atoms with van der Waals surface area (Å²) in [6.07, 6.45) is 13.8. The van der Waals surface area contributed by atoms with Gasteiger partial charge in [-0.2, -0.15) is 0 Å². The zero-order valence-corrected chi connectivity index (χ0v) is 23.3. The fourth-order valence-electron chi connectivity index (χ4n) is 9.78. The number of cyclic esters (lactones) is 1. The van der Waals surface area contributed by atoms with Crippen LogP contribution in [-0.2, 0) is 28.5 Å². The minimum Gasteiger partial charge on any atom is -0.458 e. The van der Waals surface area contributed by atoms with E-state index in [2.05, 4.69) is 13.8 Å². The standard InChI is InChI=1S/C31H44O7/c1-18-26(37-19(2)32)7-8-28(36-18)38-22-9-12-29(3)21(16-22)5-6-25-24(29)10-13-30(4)23(11-14-31(25,30)34)20-15-27(33)35-17-20/h7-8,15,18,21-26,28,34H,5-6,9-14,16-17H2,1-4H3/t18?,21-,22+,23-,24?,25?,26-,28+,29?,30?,31+/m1/s1. The highest BCUT2D eigenvalue weighted by Crippen LogP contribution is 2.70. The van der Waals surface area contributed by atoms with Gasteiger partial charge >= 0.3 is 11.9 Å². The highest BCUT2D eigenvalue weighted by Gasteiger charge is 2.67. The summed E-state index contributed by atoms with van der Waals surface area (Å²) < 4.78 is 23.0. The van der Waals surface area contributed by atoms with Crippen LogP contribution in [0.25, 0.3) is 0 Å². The van der Waals surface area contributed by atoms with Gasteiger partial charge in [-0.3, -0.25) is 4.79 Å². The van der Waals surface area contributed by atoms with E-state index in [1.165, 1.54) is 6.92 Å². The summed E-state index contributed by atoms with van der Waals surface area (Å²) in [6.45, 7) is 8.49. The van der Waals surface area contributed by atoms with Crippen LogP contribution in [0.3, 0.4) is 0 Å². The fourth-order valence-corrected chi connectivity index (χ4v) is 9.78. The monoisotopic (exact) mass is 528 g/mol. The first-order chi connectivity index (χ1) is 18.0. The van der Waals surface area contributed by atoms with Crippen LogP contribution in [0.2, 0.25) is 0 Å². The summed E-state index contributed by atoms with van der Waals surface area (Å²) in [6, 6.07) is 0. The highest BCUT2D eigenvalue weighted by molar-refractivity contribution is 5.85. The van der Waals surface area contributed by atoms with E-state index in [0.29, 0.717) is 24.4 Å². The Morgan fingerprint density at radius 2 is 1.87 bits per heavy atom. The van der Waals surface area contributed by atoms with Crippen LogP contribution in [0, 0.1) is 34.5 Å². The van der Waals surface area contributed by atoms with Crippen LogP contribution < -0.4 is 0 Å². The zero-order valence-electron chi connectivity index (χ0n) is 23.3. The molecule has 2 heterocycles. The molecule has 0 saturated heterocycles. The van der Waals surface area contributed by atoms with Crippen molar-refractivity contribution in [2.75, 3.05) is 6.61 Å². The van der Waals surface area contributed by atoms with Gasteiger partial charge in [-0.1, -0.05) is 13.8 Å². The van der Waals surface area contributed by atoms with Crippen LogP contribution in [-0.4, -0.2) is 53.9 Å². The summed E-state index contributed by atoms with van der Waals surface area (Å²) in [5.74, 6) is 1.11. The number of carbonyl (C=O) groups is 2. The molecule has 0 aromatic heterocycles. The van der Waals surface area contributed by atoms with Gasteiger partial charge in [0.25, 0.3) is 0 Å². The second kappa shape index (κ2) is 9.45. The molecule has 7 heteroatoms. The molecule has 5 unspecified atom stereocenters. The molecule has 7 nitrogen and oxygen atoms in total. The van der Waals surface area contributed by atoms with Gasteiger partial charge in [0.15, 0.2) is 6.29 Å². The molecule has 0 amide bonds. The van der Waals surface area contributed by atoms with Crippen LogP contribution in [0.15, 0.2) is 23.8 Å². The molecule has 0 aromatic carbocycles. The third kappa shape index (κ3) is 4.10. The normalized spacial score (nSPS) is 49.9. The Bertz CT molecular complexity index is 1040. The molecule has 2 aliphatic heterocycles. The lowest BCUT2D eigenvalue weighted by atomic mass is 9.43. The van der Waals surface area contributed by atoms with Crippen molar-refractivity contribution in [2.45, 2.75) is 116 Å². The van der Waals surface area contributed by atoms with E-state index in [1.54, 1.807) is 6.08 Å². The number of fused-ring (bicyclic) bond motifs is 5. The van der Waals surface area contributed by atoms with Crippen molar-refractivity contribution in [3.63, 3.8) is 0 Å². The number of hydrogen-bond acceptors (Lipinski definition) is 7. The number of ether oxygens (including phenoxy) is 4.